The van der Waals surface area contributed by atoms with Gasteiger partial charge < -0.3 is 24.6 Å². The number of carbonyl (C=O) groups is 2. The number of unbranched alkanes of at least 4 members (excludes halogenated alkanes) is 11. The van der Waals surface area contributed by atoms with Gasteiger partial charge >= 0.3 is 19.8 Å². The molecule has 0 saturated carbocycles. The van der Waals surface area contributed by atoms with Gasteiger partial charge in [-0.3, -0.25) is 18.6 Å². The molecule has 3 N–H and O–H groups in total. The van der Waals surface area contributed by atoms with Crippen LogP contribution in [-0.4, -0.2) is 65.7 Å². The van der Waals surface area contributed by atoms with Crippen molar-refractivity contribution in [2.75, 3.05) is 26.4 Å². The lowest BCUT2D eigenvalue weighted by Gasteiger charge is -2.19. The molecule has 0 aromatic heterocycles. The Bertz CT molecular complexity index is 572. The number of aliphatic hydroxyl groups excluding tert-OH is 2. The van der Waals surface area contributed by atoms with E-state index in [1.807, 2.05) is 0 Å². The van der Waals surface area contributed by atoms with E-state index in [4.69, 9.17) is 24.2 Å². The molecule has 0 fully saturated rings. The molecule has 34 heavy (non-hydrogen) atoms. The lowest BCUT2D eigenvalue weighted by molar-refractivity contribution is -0.159. The van der Waals surface area contributed by atoms with Crippen LogP contribution in [0.4, 0.5) is 0 Å². The number of hydrogen-bond donors (Lipinski definition) is 3. The standard InChI is InChI=1S/C23H45O10P/c1-3-4-5-6-7-8-9-10-11-12-13-14-15-23(27)30-18-22(33-20(2)25)19-32-34(28,29)31-17-21(26)16-24/h21-22,24,26H,3-19H2,1-2H3,(H,28,29)/t21-,22+/m0/s1. The van der Waals surface area contributed by atoms with Crippen molar-refractivity contribution in [3.05, 3.63) is 0 Å². The van der Waals surface area contributed by atoms with Gasteiger partial charge in [0.25, 0.3) is 0 Å². The summed E-state index contributed by atoms with van der Waals surface area (Å²) in [6.07, 6.45) is 12.1. The quantitative estimate of drug-likeness (QED) is 0.104. The first-order valence-corrected chi connectivity index (χ1v) is 13.9. The van der Waals surface area contributed by atoms with Crippen LogP contribution >= 0.6 is 7.82 Å². The van der Waals surface area contributed by atoms with Crippen LogP contribution in [0.5, 0.6) is 0 Å². The van der Waals surface area contributed by atoms with Crippen molar-refractivity contribution in [2.24, 2.45) is 0 Å². The molecule has 10 nitrogen and oxygen atoms in total. The molecule has 0 rings (SSSR count). The molecule has 0 aliphatic rings. The highest BCUT2D eigenvalue weighted by atomic mass is 31.2. The summed E-state index contributed by atoms with van der Waals surface area (Å²) in [5.41, 5.74) is 0. The van der Waals surface area contributed by atoms with E-state index in [9.17, 15) is 19.0 Å². The van der Waals surface area contributed by atoms with E-state index in [0.29, 0.717) is 6.42 Å². The van der Waals surface area contributed by atoms with Crippen LogP contribution in [0.2, 0.25) is 0 Å². The summed E-state index contributed by atoms with van der Waals surface area (Å²) in [4.78, 5) is 32.7. The number of rotatable bonds is 23. The molecule has 11 heteroatoms. The Hall–Kier alpha value is -1.03. The van der Waals surface area contributed by atoms with Gasteiger partial charge in [-0.15, -0.1) is 0 Å². The highest BCUT2D eigenvalue weighted by Gasteiger charge is 2.26. The fourth-order valence-corrected chi connectivity index (χ4v) is 3.96. The molecule has 0 aromatic rings. The maximum absolute atomic E-state index is 11.9. The first-order valence-electron chi connectivity index (χ1n) is 12.4. The van der Waals surface area contributed by atoms with Crippen LogP contribution in [-0.2, 0) is 32.7 Å². The molecule has 0 aromatic carbocycles. The highest BCUT2D eigenvalue weighted by Crippen LogP contribution is 2.43. The van der Waals surface area contributed by atoms with Crippen LogP contribution in [0.25, 0.3) is 0 Å². The molecule has 202 valence electrons. The van der Waals surface area contributed by atoms with Crippen molar-refractivity contribution in [3.8, 4) is 0 Å². The number of esters is 2. The molecule has 0 heterocycles. The van der Waals surface area contributed by atoms with E-state index in [-0.39, 0.29) is 13.0 Å². The van der Waals surface area contributed by atoms with Gasteiger partial charge in [0.1, 0.15) is 12.7 Å². The minimum atomic E-state index is -4.55. The number of phosphoric ester groups is 1. The minimum Gasteiger partial charge on any atom is -0.462 e. The van der Waals surface area contributed by atoms with E-state index in [1.165, 1.54) is 51.4 Å². The zero-order chi connectivity index (χ0) is 25.7. The van der Waals surface area contributed by atoms with Crippen molar-refractivity contribution in [3.63, 3.8) is 0 Å². The highest BCUT2D eigenvalue weighted by molar-refractivity contribution is 7.47. The molecule has 0 bridgehead atoms. The minimum absolute atomic E-state index is 0.242. The number of phosphoric acid groups is 1. The molecular weight excluding hydrogens is 467 g/mol. The molecule has 0 spiro atoms. The van der Waals surface area contributed by atoms with Gasteiger partial charge in [-0.05, 0) is 6.42 Å². The first kappa shape index (κ1) is 33.0. The first-order chi connectivity index (χ1) is 16.2. The summed E-state index contributed by atoms with van der Waals surface area (Å²) in [7, 11) is -4.55. The van der Waals surface area contributed by atoms with Crippen LogP contribution in [0, 0.1) is 0 Å². The zero-order valence-electron chi connectivity index (χ0n) is 20.8. The Morgan fingerprint density at radius 2 is 1.32 bits per heavy atom. The fourth-order valence-electron chi connectivity index (χ4n) is 3.17. The Kier molecular flexibility index (Phi) is 20.6. The molecule has 0 aliphatic heterocycles. The van der Waals surface area contributed by atoms with E-state index >= 15 is 0 Å². The third-order valence-corrected chi connectivity index (χ3v) is 6.01. The smallest absolute Gasteiger partial charge is 0.462 e. The maximum Gasteiger partial charge on any atom is 0.472 e. The summed E-state index contributed by atoms with van der Waals surface area (Å²) in [5.74, 6) is -1.12. The lowest BCUT2D eigenvalue weighted by Crippen LogP contribution is -2.29. The number of aliphatic hydroxyl groups is 2. The summed E-state index contributed by atoms with van der Waals surface area (Å²) in [5, 5.41) is 17.8. The van der Waals surface area contributed by atoms with E-state index < -0.39 is 51.8 Å². The molecular formula is C23H45O10P. The second-order valence-corrected chi connectivity index (χ2v) is 9.90. The maximum atomic E-state index is 11.9. The number of carbonyl (C=O) groups excluding carboxylic acids is 2. The average Bonchev–Trinajstić information content (AvgIpc) is 2.79. The molecule has 0 radical (unpaired) electrons. The van der Waals surface area contributed by atoms with E-state index in [2.05, 4.69) is 11.4 Å². The van der Waals surface area contributed by atoms with Crippen molar-refractivity contribution >= 4 is 19.8 Å². The van der Waals surface area contributed by atoms with Crippen molar-refractivity contribution < 1.29 is 47.8 Å². The van der Waals surface area contributed by atoms with Crippen LogP contribution < -0.4 is 0 Å². The largest absolute Gasteiger partial charge is 0.472 e. The SMILES string of the molecule is CCCCCCCCCCCCCCC(=O)OC[C@H](COP(=O)(O)OC[C@@H](O)CO)OC(C)=O. The monoisotopic (exact) mass is 512 g/mol. The van der Waals surface area contributed by atoms with E-state index in [1.54, 1.807) is 0 Å². The second kappa shape index (κ2) is 21.3. The second-order valence-electron chi connectivity index (χ2n) is 8.45. The zero-order valence-corrected chi connectivity index (χ0v) is 21.7. The molecule has 0 saturated heterocycles. The van der Waals surface area contributed by atoms with Gasteiger partial charge in [0.15, 0.2) is 6.10 Å². The Morgan fingerprint density at radius 1 is 0.824 bits per heavy atom. The van der Waals surface area contributed by atoms with Gasteiger partial charge in [0, 0.05) is 13.3 Å². The summed E-state index contributed by atoms with van der Waals surface area (Å²) in [6.45, 7) is 1.24. The molecule has 1 unspecified atom stereocenters. The molecule has 0 aliphatic carbocycles. The Morgan fingerprint density at radius 3 is 1.82 bits per heavy atom. The summed E-state index contributed by atoms with van der Waals surface area (Å²) in [6, 6.07) is 0. The summed E-state index contributed by atoms with van der Waals surface area (Å²) >= 11 is 0. The van der Waals surface area contributed by atoms with Gasteiger partial charge in [-0.2, -0.15) is 0 Å². The van der Waals surface area contributed by atoms with Gasteiger partial charge in [0.2, 0.25) is 0 Å². The average molecular weight is 513 g/mol. The Balaban J connectivity index is 3.96. The topological polar surface area (TPSA) is 149 Å². The van der Waals surface area contributed by atoms with Crippen LogP contribution in [0.15, 0.2) is 0 Å². The third-order valence-electron chi connectivity index (χ3n) is 5.06. The van der Waals surface area contributed by atoms with Gasteiger partial charge in [-0.1, -0.05) is 77.6 Å². The van der Waals surface area contributed by atoms with Gasteiger partial charge in [0.05, 0.1) is 19.8 Å². The van der Waals surface area contributed by atoms with Crippen molar-refractivity contribution in [2.45, 2.75) is 110 Å². The molecule has 3 atom stereocenters. The van der Waals surface area contributed by atoms with E-state index in [0.717, 1.165) is 26.2 Å². The fraction of sp³-hybridized carbons (Fsp3) is 0.913. The summed E-state index contributed by atoms with van der Waals surface area (Å²) < 4.78 is 31.1. The normalized spacial score (nSPS) is 14.9. The van der Waals surface area contributed by atoms with Crippen molar-refractivity contribution in [1.29, 1.82) is 0 Å². The third kappa shape index (κ3) is 21.5. The Labute approximate surface area is 203 Å². The predicted octanol–water partition coefficient (Wildman–Crippen LogP) is 4.04. The molecule has 0 amide bonds. The number of hydrogen-bond acceptors (Lipinski definition) is 9. The lowest BCUT2D eigenvalue weighted by atomic mass is 10.0. The van der Waals surface area contributed by atoms with Crippen molar-refractivity contribution in [1.82, 2.24) is 0 Å². The van der Waals surface area contributed by atoms with Crippen LogP contribution in [0.3, 0.4) is 0 Å². The predicted molar refractivity (Wildman–Crippen MR) is 127 cm³/mol. The van der Waals surface area contributed by atoms with Gasteiger partial charge in [-0.25, -0.2) is 4.57 Å². The number of ether oxygens (including phenoxy) is 2. The van der Waals surface area contributed by atoms with Crippen LogP contribution in [0.1, 0.15) is 97.3 Å².